The molecule has 0 spiro atoms. The SMILES string of the molecule is CCNC(=O)Nc1cc(Nc2ccnc(OC)c2)c(C(=O)Nc2cccnc2)cn1. The smallest absolute Gasteiger partial charge is 0.320 e. The highest BCUT2D eigenvalue weighted by Crippen LogP contribution is 2.25. The summed E-state index contributed by atoms with van der Waals surface area (Å²) in [4.78, 5) is 36.9. The summed E-state index contributed by atoms with van der Waals surface area (Å²) in [6.07, 6.45) is 6.11. The number of rotatable bonds is 7. The number of methoxy groups -OCH3 is 1. The summed E-state index contributed by atoms with van der Waals surface area (Å²) in [5.74, 6) is 0.307. The average Bonchev–Trinajstić information content (AvgIpc) is 2.75. The van der Waals surface area contributed by atoms with Crippen molar-refractivity contribution in [1.82, 2.24) is 20.3 Å². The number of aromatic nitrogens is 3. The van der Waals surface area contributed by atoms with Gasteiger partial charge in [0.25, 0.3) is 5.91 Å². The van der Waals surface area contributed by atoms with Gasteiger partial charge < -0.3 is 20.7 Å². The number of urea groups is 1. The Balaban J connectivity index is 1.91. The van der Waals surface area contributed by atoms with E-state index in [1.54, 1.807) is 42.7 Å². The minimum absolute atomic E-state index is 0.274. The van der Waals surface area contributed by atoms with Gasteiger partial charge in [0.2, 0.25) is 5.88 Å². The molecule has 30 heavy (non-hydrogen) atoms. The number of hydrogen-bond acceptors (Lipinski definition) is 7. The van der Waals surface area contributed by atoms with Crippen molar-refractivity contribution in [3.05, 3.63) is 60.7 Å². The first-order valence-corrected chi connectivity index (χ1v) is 9.12. The van der Waals surface area contributed by atoms with Gasteiger partial charge >= 0.3 is 6.03 Å². The number of pyridine rings is 3. The molecule has 3 amide bonds. The lowest BCUT2D eigenvalue weighted by Crippen LogP contribution is -2.28. The predicted octanol–water partition coefficient (Wildman–Crippen LogP) is 3.02. The molecule has 3 rings (SSSR count). The van der Waals surface area contributed by atoms with E-state index in [1.165, 1.54) is 19.5 Å². The monoisotopic (exact) mass is 407 g/mol. The van der Waals surface area contributed by atoms with Gasteiger partial charge in [-0.25, -0.2) is 14.8 Å². The number of amides is 3. The van der Waals surface area contributed by atoms with Crippen LogP contribution in [0.3, 0.4) is 0 Å². The van der Waals surface area contributed by atoms with Crippen molar-refractivity contribution in [2.45, 2.75) is 6.92 Å². The average molecular weight is 407 g/mol. The molecule has 0 unspecified atom stereocenters. The molecule has 0 aliphatic heterocycles. The number of carbonyl (C=O) groups is 2. The van der Waals surface area contributed by atoms with Gasteiger partial charge in [-0.1, -0.05) is 0 Å². The van der Waals surface area contributed by atoms with Gasteiger partial charge in [-0.15, -0.1) is 0 Å². The van der Waals surface area contributed by atoms with Crippen LogP contribution < -0.4 is 26.0 Å². The highest BCUT2D eigenvalue weighted by atomic mass is 16.5. The summed E-state index contributed by atoms with van der Waals surface area (Å²) < 4.78 is 5.14. The molecule has 3 aromatic heterocycles. The van der Waals surface area contributed by atoms with E-state index in [0.717, 1.165) is 0 Å². The van der Waals surface area contributed by atoms with Crippen molar-refractivity contribution in [2.24, 2.45) is 0 Å². The number of nitrogens with one attached hydrogen (secondary N) is 4. The number of nitrogens with zero attached hydrogens (tertiary/aromatic N) is 3. The molecule has 0 atom stereocenters. The first-order valence-electron chi connectivity index (χ1n) is 9.12. The second kappa shape index (κ2) is 9.82. The Morgan fingerprint density at radius 2 is 1.90 bits per heavy atom. The van der Waals surface area contributed by atoms with Crippen molar-refractivity contribution in [2.75, 3.05) is 29.6 Å². The van der Waals surface area contributed by atoms with Gasteiger partial charge in [0.1, 0.15) is 5.82 Å². The Morgan fingerprint density at radius 3 is 2.63 bits per heavy atom. The Hall–Kier alpha value is -4.21. The standard InChI is InChI=1S/C20H21N7O3/c1-3-22-20(29)27-17-10-16(25-13-6-8-23-18(9-13)30-2)15(12-24-17)19(28)26-14-5-4-7-21-11-14/h4-12H,3H2,1-2H3,(H,26,28)(H3,22,23,24,25,27,29). The molecule has 0 bridgehead atoms. The van der Waals surface area contributed by atoms with Crippen molar-refractivity contribution in [1.29, 1.82) is 0 Å². The van der Waals surface area contributed by atoms with Crippen molar-refractivity contribution < 1.29 is 14.3 Å². The fraction of sp³-hybridized carbons (Fsp3) is 0.150. The molecule has 10 nitrogen and oxygen atoms in total. The quantitative estimate of drug-likeness (QED) is 0.473. The van der Waals surface area contributed by atoms with E-state index in [4.69, 9.17) is 4.74 Å². The third kappa shape index (κ3) is 5.41. The third-order valence-corrected chi connectivity index (χ3v) is 3.87. The fourth-order valence-electron chi connectivity index (χ4n) is 2.52. The van der Waals surface area contributed by atoms with Crippen molar-refractivity contribution in [3.63, 3.8) is 0 Å². The van der Waals surface area contributed by atoms with Crippen molar-refractivity contribution >= 4 is 34.8 Å². The number of anilines is 4. The van der Waals surface area contributed by atoms with E-state index >= 15 is 0 Å². The maximum absolute atomic E-state index is 12.8. The molecule has 154 valence electrons. The lowest BCUT2D eigenvalue weighted by molar-refractivity contribution is 0.102. The van der Waals surface area contributed by atoms with Crippen LogP contribution >= 0.6 is 0 Å². The molecule has 0 saturated heterocycles. The molecule has 3 heterocycles. The number of ether oxygens (including phenoxy) is 1. The van der Waals surface area contributed by atoms with E-state index in [9.17, 15) is 9.59 Å². The molecule has 0 saturated carbocycles. The summed E-state index contributed by atoms with van der Waals surface area (Å²) in [5.41, 5.74) is 1.90. The Kier molecular flexibility index (Phi) is 6.72. The Morgan fingerprint density at radius 1 is 1.03 bits per heavy atom. The third-order valence-electron chi connectivity index (χ3n) is 3.87. The second-order valence-electron chi connectivity index (χ2n) is 6.01. The summed E-state index contributed by atoms with van der Waals surface area (Å²) >= 11 is 0. The maximum Gasteiger partial charge on any atom is 0.320 e. The molecule has 0 aliphatic carbocycles. The van der Waals surface area contributed by atoms with Crippen LogP contribution in [0.1, 0.15) is 17.3 Å². The molecule has 0 fully saturated rings. The van der Waals surface area contributed by atoms with Crippen LogP contribution in [0, 0.1) is 0 Å². The summed E-state index contributed by atoms with van der Waals surface area (Å²) in [6, 6.07) is 8.03. The molecular weight excluding hydrogens is 386 g/mol. The minimum atomic E-state index is -0.394. The first-order chi connectivity index (χ1) is 14.6. The van der Waals surface area contributed by atoms with Gasteiger partial charge in [0.05, 0.1) is 30.2 Å². The highest BCUT2D eigenvalue weighted by Gasteiger charge is 2.15. The van der Waals surface area contributed by atoms with Crippen LogP contribution in [0.25, 0.3) is 0 Å². The van der Waals surface area contributed by atoms with Crippen LogP contribution in [0.15, 0.2) is 55.1 Å². The van der Waals surface area contributed by atoms with Crippen LogP contribution in [0.2, 0.25) is 0 Å². The molecule has 3 aromatic rings. The molecule has 0 radical (unpaired) electrons. The van der Waals surface area contributed by atoms with Crippen LogP contribution in [-0.2, 0) is 0 Å². The first kappa shape index (κ1) is 20.5. The van der Waals surface area contributed by atoms with E-state index in [0.29, 0.717) is 29.5 Å². The lowest BCUT2D eigenvalue weighted by atomic mass is 10.2. The largest absolute Gasteiger partial charge is 0.481 e. The zero-order valence-electron chi connectivity index (χ0n) is 16.5. The molecule has 0 aromatic carbocycles. The summed E-state index contributed by atoms with van der Waals surface area (Å²) in [5, 5.41) is 11.2. The van der Waals surface area contributed by atoms with Crippen molar-refractivity contribution in [3.8, 4) is 5.88 Å². The van der Waals surface area contributed by atoms with Gasteiger partial charge in [0.15, 0.2) is 0 Å². The van der Waals surface area contributed by atoms with E-state index in [1.807, 2.05) is 6.92 Å². The highest BCUT2D eigenvalue weighted by molar-refractivity contribution is 6.08. The maximum atomic E-state index is 12.8. The van der Waals surface area contributed by atoms with Gasteiger partial charge in [-0.2, -0.15) is 0 Å². The lowest BCUT2D eigenvalue weighted by Gasteiger charge is -2.14. The summed E-state index contributed by atoms with van der Waals surface area (Å²) in [7, 11) is 1.51. The van der Waals surface area contributed by atoms with Gasteiger partial charge in [0, 0.05) is 43.0 Å². The molecule has 4 N–H and O–H groups in total. The van der Waals surface area contributed by atoms with Gasteiger partial charge in [-0.05, 0) is 25.1 Å². The van der Waals surface area contributed by atoms with Gasteiger partial charge in [-0.3, -0.25) is 15.1 Å². The Bertz CT molecular complexity index is 1030. The number of carbonyl (C=O) groups excluding carboxylic acids is 2. The predicted molar refractivity (Wildman–Crippen MR) is 113 cm³/mol. The fourth-order valence-corrected chi connectivity index (χ4v) is 2.52. The van der Waals surface area contributed by atoms with E-state index in [2.05, 4.69) is 36.2 Å². The van der Waals surface area contributed by atoms with E-state index < -0.39 is 6.03 Å². The van der Waals surface area contributed by atoms with Crippen LogP contribution in [0.5, 0.6) is 5.88 Å². The second-order valence-corrected chi connectivity index (χ2v) is 6.01. The molecular formula is C20H21N7O3. The zero-order valence-corrected chi connectivity index (χ0v) is 16.5. The topological polar surface area (TPSA) is 130 Å². The molecule has 0 aliphatic rings. The zero-order chi connectivity index (χ0) is 21.3. The van der Waals surface area contributed by atoms with E-state index in [-0.39, 0.29) is 17.3 Å². The molecule has 10 heteroatoms. The van der Waals surface area contributed by atoms with Crippen LogP contribution in [-0.4, -0.2) is 40.5 Å². The minimum Gasteiger partial charge on any atom is -0.481 e. The van der Waals surface area contributed by atoms with Crippen LogP contribution in [0.4, 0.5) is 27.7 Å². The Labute approximate surface area is 173 Å². The number of hydrogen-bond donors (Lipinski definition) is 4. The summed E-state index contributed by atoms with van der Waals surface area (Å²) in [6.45, 7) is 2.28. The normalized spacial score (nSPS) is 10.1.